The summed E-state index contributed by atoms with van der Waals surface area (Å²) in [5.74, 6) is 2.18. The van der Waals surface area contributed by atoms with Crippen molar-refractivity contribution in [1.82, 2.24) is 20.4 Å². The quantitative estimate of drug-likeness (QED) is 0.646. The van der Waals surface area contributed by atoms with Crippen molar-refractivity contribution in [2.75, 3.05) is 37.6 Å². The number of hydrogen-bond donors (Lipinski definition) is 1. The number of nitrogens with zero attached hydrogens (tertiary/aromatic N) is 5. The number of piperazine rings is 1. The van der Waals surface area contributed by atoms with Crippen LogP contribution in [0.15, 0.2) is 33.8 Å². The maximum Gasteiger partial charge on any atom is 0.232 e. The van der Waals surface area contributed by atoms with E-state index in [2.05, 4.69) is 84.1 Å². The summed E-state index contributed by atoms with van der Waals surface area (Å²) in [5, 5.41) is 7.47. The van der Waals surface area contributed by atoms with Gasteiger partial charge in [-0.2, -0.15) is 4.98 Å². The zero-order chi connectivity index (χ0) is 20.1. The summed E-state index contributed by atoms with van der Waals surface area (Å²) >= 11 is 0. The van der Waals surface area contributed by atoms with Gasteiger partial charge < -0.3 is 19.6 Å². The van der Waals surface area contributed by atoms with Gasteiger partial charge in [-0.1, -0.05) is 38.1 Å². The first-order valence-corrected chi connectivity index (χ1v) is 10.0. The van der Waals surface area contributed by atoms with Crippen LogP contribution in [0, 0.1) is 6.92 Å². The highest BCUT2D eigenvalue weighted by molar-refractivity contribution is 5.80. The van der Waals surface area contributed by atoms with Crippen LogP contribution in [0.2, 0.25) is 0 Å². The fraction of sp³-hybridized carbons (Fsp3) is 0.571. The van der Waals surface area contributed by atoms with E-state index in [1.165, 1.54) is 11.3 Å². The molecule has 152 valence electrons. The molecule has 1 fully saturated rings. The summed E-state index contributed by atoms with van der Waals surface area (Å²) in [6.07, 6.45) is 0. The van der Waals surface area contributed by atoms with Gasteiger partial charge in [-0.15, -0.1) is 0 Å². The Kier molecular flexibility index (Phi) is 6.21. The second-order valence-electron chi connectivity index (χ2n) is 8.25. The Balaban J connectivity index is 1.63. The van der Waals surface area contributed by atoms with Crippen LogP contribution in [-0.2, 0) is 12.0 Å². The standard InChI is InChI=1S/C21H32N6O/c1-6-22-20(23-15-18-24-19(28-25-18)21(3,4)5)27-12-10-26(11-13-27)17-9-7-8-16(2)14-17/h7-9,14H,6,10-13,15H2,1-5H3,(H,22,23). The molecule has 1 aliphatic heterocycles. The lowest BCUT2D eigenvalue weighted by Crippen LogP contribution is -2.52. The molecule has 0 unspecified atom stereocenters. The van der Waals surface area contributed by atoms with E-state index >= 15 is 0 Å². The van der Waals surface area contributed by atoms with Crippen molar-refractivity contribution in [3.63, 3.8) is 0 Å². The van der Waals surface area contributed by atoms with Crippen LogP contribution in [0.1, 0.15) is 45.0 Å². The molecule has 0 spiro atoms. The van der Waals surface area contributed by atoms with Gasteiger partial charge in [-0.05, 0) is 31.5 Å². The predicted octanol–water partition coefficient (Wildman–Crippen LogP) is 2.96. The van der Waals surface area contributed by atoms with Gasteiger partial charge in [0.2, 0.25) is 5.89 Å². The molecule has 0 bridgehead atoms. The number of benzene rings is 1. The summed E-state index contributed by atoms with van der Waals surface area (Å²) < 4.78 is 5.37. The van der Waals surface area contributed by atoms with Gasteiger partial charge in [0.25, 0.3) is 0 Å². The third kappa shape index (κ3) is 5.03. The molecule has 0 radical (unpaired) electrons. The summed E-state index contributed by atoms with van der Waals surface area (Å²) in [5.41, 5.74) is 2.44. The van der Waals surface area contributed by atoms with Crippen LogP contribution in [0.5, 0.6) is 0 Å². The van der Waals surface area contributed by atoms with Crippen LogP contribution in [0.4, 0.5) is 5.69 Å². The number of aromatic nitrogens is 2. The molecule has 7 heteroatoms. The normalized spacial score (nSPS) is 15.8. The summed E-state index contributed by atoms with van der Waals surface area (Å²) in [6.45, 7) is 15.5. The van der Waals surface area contributed by atoms with Gasteiger partial charge in [0.05, 0.1) is 0 Å². The van der Waals surface area contributed by atoms with Gasteiger partial charge in [0.15, 0.2) is 11.8 Å². The fourth-order valence-electron chi connectivity index (χ4n) is 3.20. The van der Waals surface area contributed by atoms with Crippen LogP contribution < -0.4 is 10.2 Å². The van der Waals surface area contributed by atoms with E-state index in [0.717, 1.165) is 38.7 Å². The number of rotatable bonds is 4. The largest absolute Gasteiger partial charge is 0.368 e. The maximum atomic E-state index is 5.37. The zero-order valence-corrected chi connectivity index (χ0v) is 17.7. The molecule has 7 nitrogen and oxygen atoms in total. The lowest BCUT2D eigenvalue weighted by Gasteiger charge is -2.37. The van der Waals surface area contributed by atoms with Gasteiger partial charge in [-0.25, -0.2) is 4.99 Å². The number of aryl methyl sites for hydroxylation is 1. The summed E-state index contributed by atoms with van der Waals surface area (Å²) in [4.78, 5) is 14.0. The molecular weight excluding hydrogens is 352 g/mol. The summed E-state index contributed by atoms with van der Waals surface area (Å²) in [6, 6.07) is 8.70. The van der Waals surface area contributed by atoms with Crippen molar-refractivity contribution in [2.24, 2.45) is 4.99 Å². The van der Waals surface area contributed by atoms with Crippen molar-refractivity contribution in [2.45, 2.75) is 46.6 Å². The van der Waals surface area contributed by atoms with Crippen molar-refractivity contribution in [3.05, 3.63) is 41.5 Å². The van der Waals surface area contributed by atoms with Crippen LogP contribution >= 0.6 is 0 Å². The Bertz CT molecular complexity index is 799. The zero-order valence-electron chi connectivity index (χ0n) is 17.7. The molecule has 2 heterocycles. The second-order valence-corrected chi connectivity index (χ2v) is 8.25. The molecular formula is C21H32N6O. The lowest BCUT2D eigenvalue weighted by atomic mass is 9.97. The van der Waals surface area contributed by atoms with E-state index in [0.29, 0.717) is 18.3 Å². The lowest BCUT2D eigenvalue weighted by molar-refractivity contribution is 0.318. The number of aliphatic imine (C=N–C) groups is 1. The van der Waals surface area contributed by atoms with Gasteiger partial charge in [0.1, 0.15) is 6.54 Å². The minimum Gasteiger partial charge on any atom is -0.368 e. The number of nitrogens with one attached hydrogen (secondary N) is 1. The van der Waals surface area contributed by atoms with Gasteiger partial charge in [-0.3, -0.25) is 0 Å². The van der Waals surface area contributed by atoms with Crippen molar-refractivity contribution < 1.29 is 4.52 Å². The number of anilines is 1. The minimum atomic E-state index is -0.147. The molecule has 0 saturated carbocycles. The summed E-state index contributed by atoms with van der Waals surface area (Å²) in [7, 11) is 0. The Morgan fingerprint density at radius 2 is 1.96 bits per heavy atom. The van der Waals surface area contributed by atoms with Crippen LogP contribution in [0.25, 0.3) is 0 Å². The smallest absolute Gasteiger partial charge is 0.232 e. The molecule has 1 aromatic carbocycles. The fourth-order valence-corrected chi connectivity index (χ4v) is 3.20. The number of guanidine groups is 1. The van der Waals surface area contributed by atoms with Crippen LogP contribution in [-0.4, -0.2) is 53.7 Å². The van der Waals surface area contributed by atoms with Crippen molar-refractivity contribution in [3.8, 4) is 0 Å². The highest BCUT2D eigenvalue weighted by Crippen LogP contribution is 2.20. The highest BCUT2D eigenvalue weighted by Gasteiger charge is 2.22. The molecule has 1 aliphatic rings. The van der Waals surface area contributed by atoms with E-state index in [-0.39, 0.29) is 5.41 Å². The average molecular weight is 385 g/mol. The van der Waals surface area contributed by atoms with Gasteiger partial charge in [0, 0.05) is 43.8 Å². The monoisotopic (exact) mass is 384 g/mol. The number of hydrogen-bond acceptors (Lipinski definition) is 5. The molecule has 28 heavy (non-hydrogen) atoms. The molecule has 1 N–H and O–H groups in total. The van der Waals surface area contributed by atoms with E-state index in [9.17, 15) is 0 Å². The van der Waals surface area contributed by atoms with Crippen molar-refractivity contribution in [1.29, 1.82) is 0 Å². The first kappa shape index (κ1) is 20.2. The Labute approximate surface area is 167 Å². The third-order valence-electron chi connectivity index (χ3n) is 4.76. The molecule has 2 aromatic rings. The SMILES string of the molecule is CCNC(=NCc1noc(C(C)(C)C)n1)N1CCN(c2cccc(C)c2)CC1. The minimum absolute atomic E-state index is 0.147. The van der Waals surface area contributed by atoms with Gasteiger partial charge >= 0.3 is 0 Å². The van der Waals surface area contributed by atoms with Crippen LogP contribution in [0.3, 0.4) is 0 Å². The first-order chi connectivity index (χ1) is 13.4. The molecule has 0 atom stereocenters. The topological polar surface area (TPSA) is 69.8 Å². The maximum absolute atomic E-state index is 5.37. The Morgan fingerprint density at radius 1 is 1.21 bits per heavy atom. The Morgan fingerprint density at radius 3 is 2.57 bits per heavy atom. The first-order valence-electron chi connectivity index (χ1n) is 10.0. The van der Waals surface area contributed by atoms with E-state index in [1.807, 2.05) is 0 Å². The van der Waals surface area contributed by atoms with E-state index in [4.69, 9.17) is 9.52 Å². The second kappa shape index (κ2) is 8.63. The van der Waals surface area contributed by atoms with E-state index in [1.54, 1.807) is 0 Å². The molecule has 0 aliphatic carbocycles. The van der Waals surface area contributed by atoms with Crippen molar-refractivity contribution >= 4 is 11.6 Å². The third-order valence-corrected chi connectivity index (χ3v) is 4.76. The molecule has 0 amide bonds. The average Bonchev–Trinajstić information content (AvgIpc) is 3.15. The predicted molar refractivity (Wildman–Crippen MR) is 113 cm³/mol. The molecule has 1 saturated heterocycles. The highest BCUT2D eigenvalue weighted by atomic mass is 16.5. The molecule has 3 rings (SSSR count). The molecule has 1 aromatic heterocycles. The Hall–Kier alpha value is -2.57. The van der Waals surface area contributed by atoms with E-state index < -0.39 is 0 Å².